The second kappa shape index (κ2) is 12.0. The topological polar surface area (TPSA) is 108 Å². The van der Waals surface area contributed by atoms with Crippen molar-refractivity contribution in [3.63, 3.8) is 0 Å². The van der Waals surface area contributed by atoms with E-state index >= 15 is 0 Å². The van der Waals surface area contributed by atoms with Crippen molar-refractivity contribution < 1.29 is 29.3 Å². The number of hydrogen-bond acceptors (Lipinski definition) is 6. The molecule has 1 aliphatic heterocycles. The van der Waals surface area contributed by atoms with E-state index < -0.39 is 24.2 Å². The van der Waals surface area contributed by atoms with E-state index in [9.17, 15) is 14.7 Å². The van der Waals surface area contributed by atoms with Gasteiger partial charge in [0.2, 0.25) is 11.8 Å². The number of aliphatic hydroxyl groups excluding tert-OH is 2. The van der Waals surface area contributed by atoms with Gasteiger partial charge < -0.3 is 29.9 Å². The van der Waals surface area contributed by atoms with Crippen LogP contribution < -0.4 is 10.1 Å². The third kappa shape index (κ3) is 5.63. The van der Waals surface area contributed by atoms with Gasteiger partial charge in [0.15, 0.2) is 0 Å². The molecule has 0 fully saturated rings. The second-order valence-corrected chi connectivity index (χ2v) is 8.15. The Labute approximate surface area is 194 Å². The number of carbonyl (C=O) groups excluding carboxylic acids is 2. The van der Waals surface area contributed by atoms with Crippen LogP contribution in [0, 0.1) is 0 Å². The molecule has 0 saturated carbocycles. The summed E-state index contributed by atoms with van der Waals surface area (Å²) in [5.74, 6) is -0.312. The number of amides is 2. The van der Waals surface area contributed by atoms with Gasteiger partial charge in [0, 0.05) is 43.9 Å². The second-order valence-electron chi connectivity index (χ2n) is 8.15. The quantitative estimate of drug-likeness (QED) is 0.324. The molecule has 3 rings (SSSR count). The summed E-state index contributed by atoms with van der Waals surface area (Å²) in [7, 11) is 0. The highest BCUT2D eigenvalue weighted by atomic mass is 16.5. The van der Waals surface area contributed by atoms with Crippen LogP contribution in [-0.4, -0.2) is 78.1 Å². The van der Waals surface area contributed by atoms with Crippen molar-refractivity contribution in [2.24, 2.45) is 0 Å². The number of benzene rings is 1. The fourth-order valence-corrected chi connectivity index (χ4v) is 4.48. The average molecular weight is 459 g/mol. The van der Waals surface area contributed by atoms with Crippen LogP contribution >= 0.6 is 0 Å². The Morgan fingerprint density at radius 3 is 2.85 bits per heavy atom. The molecule has 8 nitrogen and oxygen atoms in total. The van der Waals surface area contributed by atoms with Crippen LogP contribution in [0.4, 0.5) is 0 Å². The predicted molar refractivity (Wildman–Crippen MR) is 124 cm³/mol. The highest BCUT2D eigenvalue weighted by molar-refractivity contribution is 5.96. The molecular formula is C25H34N2O6. The Hall–Kier alpha value is -2.68. The molecule has 0 bridgehead atoms. The van der Waals surface area contributed by atoms with E-state index in [4.69, 9.17) is 14.6 Å². The number of ether oxygens (including phenoxy) is 2. The number of carbonyl (C=O) groups is 2. The first-order valence-corrected chi connectivity index (χ1v) is 11.6. The molecule has 0 radical (unpaired) electrons. The van der Waals surface area contributed by atoms with E-state index in [-0.39, 0.29) is 31.4 Å². The SMILES string of the molecule is C=CCCC(=O)N(CCCOCC)C1C=C(C(=O)NCCO)C2c3ccccc3OC2C1O. The Bertz CT molecular complexity index is 870. The Morgan fingerprint density at radius 2 is 2.12 bits per heavy atom. The molecule has 8 heteroatoms. The fourth-order valence-electron chi connectivity index (χ4n) is 4.48. The lowest BCUT2D eigenvalue weighted by atomic mass is 9.77. The van der Waals surface area contributed by atoms with Crippen molar-refractivity contribution >= 4 is 11.8 Å². The van der Waals surface area contributed by atoms with E-state index in [0.29, 0.717) is 43.9 Å². The zero-order valence-corrected chi connectivity index (χ0v) is 19.1. The zero-order chi connectivity index (χ0) is 23.8. The van der Waals surface area contributed by atoms with Gasteiger partial charge in [0.25, 0.3) is 0 Å². The smallest absolute Gasteiger partial charge is 0.247 e. The van der Waals surface area contributed by atoms with Gasteiger partial charge in [-0.2, -0.15) is 0 Å². The van der Waals surface area contributed by atoms with Crippen molar-refractivity contribution in [2.45, 2.75) is 50.4 Å². The van der Waals surface area contributed by atoms with Crippen LogP contribution in [0.3, 0.4) is 0 Å². The number of nitrogens with one attached hydrogen (secondary N) is 1. The molecule has 0 spiro atoms. The molecule has 1 aromatic carbocycles. The number of nitrogens with zero attached hydrogens (tertiary/aromatic N) is 1. The highest BCUT2D eigenvalue weighted by Gasteiger charge is 2.50. The number of fused-ring (bicyclic) bond motifs is 3. The molecular weight excluding hydrogens is 424 g/mol. The summed E-state index contributed by atoms with van der Waals surface area (Å²) in [4.78, 5) is 27.8. The summed E-state index contributed by atoms with van der Waals surface area (Å²) in [5.41, 5.74) is 1.26. The molecule has 33 heavy (non-hydrogen) atoms. The van der Waals surface area contributed by atoms with E-state index in [1.165, 1.54) is 0 Å². The normalized spacial score (nSPS) is 23.1. The fraction of sp³-hybridized carbons (Fsp3) is 0.520. The van der Waals surface area contributed by atoms with Crippen molar-refractivity contribution in [2.75, 3.05) is 32.9 Å². The monoisotopic (exact) mass is 458 g/mol. The lowest BCUT2D eigenvalue weighted by Crippen LogP contribution is -2.56. The van der Waals surface area contributed by atoms with Gasteiger partial charge in [0.1, 0.15) is 18.0 Å². The van der Waals surface area contributed by atoms with Gasteiger partial charge in [0.05, 0.1) is 18.6 Å². The van der Waals surface area contributed by atoms with Crippen LogP contribution in [0.25, 0.3) is 0 Å². The van der Waals surface area contributed by atoms with Gasteiger partial charge in [-0.1, -0.05) is 24.3 Å². The van der Waals surface area contributed by atoms with Crippen LogP contribution in [0.15, 0.2) is 48.6 Å². The maximum atomic E-state index is 13.1. The van der Waals surface area contributed by atoms with Crippen molar-refractivity contribution in [1.29, 1.82) is 0 Å². The number of hydrogen-bond donors (Lipinski definition) is 3. The lowest BCUT2D eigenvalue weighted by Gasteiger charge is -2.40. The predicted octanol–water partition coefficient (Wildman–Crippen LogP) is 1.53. The van der Waals surface area contributed by atoms with E-state index in [1.807, 2.05) is 31.2 Å². The van der Waals surface area contributed by atoms with Gasteiger partial charge >= 0.3 is 0 Å². The number of aliphatic hydroxyl groups is 2. The Kier molecular flexibility index (Phi) is 9.05. The van der Waals surface area contributed by atoms with Gasteiger partial charge in [-0.05, 0) is 31.9 Å². The number of rotatable bonds is 12. The molecule has 0 saturated heterocycles. The first kappa shape index (κ1) is 25.0. The third-order valence-electron chi connectivity index (χ3n) is 6.01. The molecule has 4 unspecified atom stereocenters. The summed E-state index contributed by atoms with van der Waals surface area (Å²) in [6.07, 6.45) is 3.04. The average Bonchev–Trinajstić information content (AvgIpc) is 3.22. The minimum absolute atomic E-state index is 0.111. The lowest BCUT2D eigenvalue weighted by molar-refractivity contribution is -0.137. The van der Waals surface area contributed by atoms with E-state index in [0.717, 1.165) is 5.56 Å². The Morgan fingerprint density at radius 1 is 1.33 bits per heavy atom. The molecule has 0 aromatic heterocycles. The first-order valence-electron chi connectivity index (χ1n) is 11.6. The highest BCUT2D eigenvalue weighted by Crippen LogP contribution is 2.47. The van der Waals surface area contributed by atoms with Crippen molar-refractivity contribution in [1.82, 2.24) is 10.2 Å². The standard InChI is InChI=1S/C25H34N2O6/c1-3-5-11-21(29)27(13-8-15-32-4-2)19-16-18(25(31)26-12-14-28)22-17-9-6-7-10-20(17)33-24(22)23(19)30/h3,6-7,9-10,16,19,22-24,28,30H,1,4-5,8,11-15H2,2H3,(H,26,31). The maximum Gasteiger partial charge on any atom is 0.247 e. The molecule has 2 aliphatic rings. The minimum Gasteiger partial charge on any atom is -0.486 e. The zero-order valence-electron chi connectivity index (χ0n) is 19.1. The molecule has 1 heterocycles. The van der Waals surface area contributed by atoms with Crippen molar-refractivity contribution in [3.05, 3.63) is 54.1 Å². The van der Waals surface area contributed by atoms with Crippen LogP contribution in [0.1, 0.15) is 37.7 Å². The summed E-state index contributed by atoms with van der Waals surface area (Å²) in [6, 6.07) is 6.68. The summed E-state index contributed by atoms with van der Waals surface area (Å²) >= 11 is 0. The van der Waals surface area contributed by atoms with Crippen LogP contribution in [0.2, 0.25) is 0 Å². The molecule has 2 amide bonds. The van der Waals surface area contributed by atoms with Crippen molar-refractivity contribution in [3.8, 4) is 5.75 Å². The first-order chi connectivity index (χ1) is 16.0. The summed E-state index contributed by atoms with van der Waals surface area (Å²) < 4.78 is 11.5. The van der Waals surface area contributed by atoms with E-state index in [2.05, 4.69) is 11.9 Å². The third-order valence-corrected chi connectivity index (χ3v) is 6.01. The van der Waals surface area contributed by atoms with Crippen LogP contribution in [-0.2, 0) is 14.3 Å². The minimum atomic E-state index is -1.02. The van der Waals surface area contributed by atoms with Gasteiger partial charge in [-0.15, -0.1) is 6.58 Å². The van der Waals surface area contributed by atoms with Gasteiger partial charge in [-0.25, -0.2) is 0 Å². The Balaban J connectivity index is 1.96. The molecule has 180 valence electrons. The number of allylic oxidation sites excluding steroid dienone is 1. The van der Waals surface area contributed by atoms with Crippen LogP contribution in [0.5, 0.6) is 5.75 Å². The molecule has 1 aliphatic carbocycles. The molecule has 1 aromatic rings. The van der Waals surface area contributed by atoms with Gasteiger partial charge in [-0.3, -0.25) is 9.59 Å². The summed E-state index contributed by atoms with van der Waals surface area (Å²) in [5, 5.41) is 23.2. The summed E-state index contributed by atoms with van der Waals surface area (Å²) in [6.45, 7) is 6.98. The van der Waals surface area contributed by atoms with E-state index in [1.54, 1.807) is 17.1 Å². The molecule has 3 N–H and O–H groups in total. The molecule has 4 atom stereocenters. The maximum absolute atomic E-state index is 13.1. The largest absolute Gasteiger partial charge is 0.486 e. The number of para-hydroxylation sites is 1.